The fourth-order valence-electron chi connectivity index (χ4n) is 11.6. The predicted octanol–water partition coefficient (Wildman–Crippen LogP) is 13.4. The van der Waals surface area contributed by atoms with E-state index in [0.717, 1.165) is 50.5 Å². The molecule has 0 bridgehead atoms. The summed E-state index contributed by atoms with van der Waals surface area (Å²) in [5.74, 6) is 1.73. The molecule has 0 aliphatic heterocycles. The number of nitrogens with zero attached hydrogens (tertiary/aromatic N) is 4. The van der Waals surface area contributed by atoms with Crippen LogP contribution in [0.25, 0.3) is 93.9 Å². The summed E-state index contributed by atoms with van der Waals surface area (Å²) in [6.45, 7) is 0. The first-order valence-electron chi connectivity index (χ1n) is 24.0. The van der Waals surface area contributed by atoms with Crippen LogP contribution in [0.3, 0.4) is 0 Å². The minimum atomic E-state index is -3.06. The molecule has 10 aromatic carbocycles. The van der Waals surface area contributed by atoms with Crippen LogP contribution in [0.5, 0.6) is 0 Å². The van der Waals surface area contributed by atoms with Crippen molar-refractivity contribution in [1.82, 2.24) is 18.7 Å². The molecule has 4 aromatic heterocycles. The Morgan fingerprint density at radius 3 is 0.986 bits per heavy atom. The predicted molar refractivity (Wildman–Crippen MR) is 296 cm³/mol. The number of aromatic nitrogens is 4. The molecule has 70 heavy (non-hydrogen) atoms. The third-order valence-corrected chi connectivity index (χ3v) is 19.3. The number of para-hydroxylation sites is 6. The Hall–Kier alpha value is -9.03. The number of hydrogen-bond donors (Lipinski definition) is 0. The van der Waals surface area contributed by atoms with Gasteiger partial charge >= 0.3 is 0 Å². The van der Waals surface area contributed by atoms with E-state index in [1.165, 1.54) is 64.1 Å². The zero-order valence-corrected chi connectivity index (χ0v) is 39.2. The average molecular weight is 909 g/mol. The average Bonchev–Trinajstić information content (AvgIpc) is 4.08. The largest absolute Gasteiger partial charge is 0.309 e. The number of pyridine rings is 1. The van der Waals surface area contributed by atoms with E-state index >= 15 is 0 Å². The quantitative estimate of drug-likeness (QED) is 0.110. The van der Waals surface area contributed by atoms with Crippen LogP contribution in [0.15, 0.2) is 267 Å². The summed E-state index contributed by atoms with van der Waals surface area (Å²) in [6.07, 6.45) is 0. The molecule has 5 heteroatoms. The van der Waals surface area contributed by atoms with Gasteiger partial charge in [-0.15, -0.1) is 0 Å². The second-order valence-corrected chi connectivity index (χ2v) is 22.1. The van der Waals surface area contributed by atoms with Gasteiger partial charge in [0.2, 0.25) is 0 Å². The Bertz CT molecular complexity index is 3980. The van der Waals surface area contributed by atoms with Crippen molar-refractivity contribution in [2.45, 2.75) is 0 Å². The highest BCUT2D eigenvalue weighted by Gasteiger charge is 2.42. The molecule has 0 atom stereocenters. The topological polar surface area (TPSA) is 27.7 Å². The van der Waals surface area contributed by atoms with Gasteiger partial charge in [-0.2, -0.15) is 0 Å². The van der Waals surface area contributed by atoms with Crippen molar-refractivity contribution < 1.29 is 0 Å². The zero-order chi connectivity index (χ0) is 46.2. The molecule has 4 heterocycles. The second kappa shape index (κ2) is 16.1. The minimum Gasteiger partial charge on any atom is -0.309 e. The van der Waals surface area contributed by atoms with Crippen LogP contribution < -0.4 is 20.7 Å². The van der Waals surface area contributed by atoms with Gasteiger partial charge in [-0.25, -0.2) is 4.98 Å². The standard InChI is InChI=1S/C65H44N4Si/c1-3-23-48(24-4-1)70(49-25-5-2-6-26-49,51-28-20-22-47(44-51)67-58-35-13-7-29-52(58)53-30-8-14-36-59(53)67)50-27-19-21-45(41-50)46-42-64(68-60-37-15-9-31-54(60)55-32-10-16-38-61(55)68)66-65(43-46)69-62-39-17-11-33-56(62)57-34-12-18-40-63(57)69/h1-44H. The van der Waals surface area contributed by atoms with Gasteiger partial charge in [-0.1, -0.05) is 206 Å². The fourth-order valence-corrected chi connectivity index (χ4v) is 16.4. The summed E-state index contributed by atoms with van der Waals surface area (Å²) in [4.78, 5) is 5.67. The molecule has 0 spiro atoms. The van der Waals surface area contributed by atoms with Gasteiger partial charge in [0.05, 0.1) is 33.1 Å². The normalized spacial score (nSPS) is 12.0. The van der Waals surface area contributed by atoms with E-state index in [0.29, 0.717) is 0 Å². The van der Waals surface area contributed by atoms with Crippen molar-refractivity contribution in [3.63, 3.8) is 0 Å². The van der Waals surface area contributed by atoms with Crippen LogP contribution >= 0.6 is 0 Å². The summed E-state index contributed by atoms with van der Waals surface area (Å²) < 4.78 is 7.15. The maximum Gasteiger partial charge on any atom is 0.179 e. The van der Waals surface area contributed by atoms with Crippen LogP contribution in [-0.4, -0.2) is 26.8 Å². The van der Waals surface area contributed by atoms with Crippen molar-refractivity contribution in [2.75, 3.05) is 0 Å². The Kier molecular flexibility index (Phi) is 9.19. The van der Waals surface area contributed by atoms with E-state index in [1.807, 2.05) is 0 Å². The molecular weight excluding hydrogens is 865 g/mol. The molecule has 0 aliphatic carbocycles. The maximum absolute atomic E-state index is 5.67. The van der Waals surface area contributed by atoms with Crippen molar-refractivity contribution >= 4 is 94.2 Å². The summed E-state index contributed by atoms with van der Waals surface area (Å²) in [7, 11) is -3.06. The molecule has 0 saturated carbocycles. The minimum absolute atomic E-state index is 0.866. The lowest BCUT2D eigenvalue weighted by molar-refractivity contribution is 1.01. The van der Waals surface area contributed by atoms with Crippen molar-refractivity contribution in [3.8, 4) is 28.5 Å². The first kappa shape index (κ1) is 40.1. The monoisotopic (exact) mass is 908 g/mol. The van der Waals surface area contributed by atoms with E-state index in [9.17, 15) is 0 Å². The summed E-state index contributed by atoms with van der Waals surface area (Å²) >= 11 is 0. The maximum atomic E-state index is 5.67. The lowest BCUT2D eigenvalue weighted by atomic mass is 10.1. The van der Waals surface area contributed by atoms with Crippen LogP contribution in [0.4, 0.5) is 0 Å². The van der Waals surface area contributed by atoms with E-state index in [4.69, 9.17) is 4.98 Å². The molecule has 4 nitrogen and oxygen atoms in total. The van der Waals surface area contributed by atoms with Crippen molar-refractivity contribution in [2.24, 2.45) is 0 Å². The van der Waals surface area contributed by atoms with E-state index in [1.54, 1.807) is 0 Å². The highest BCUT2D eigenvalue weighted by Crippen LogP contribution is 2.37. The number of fused-ring (bicyclic) bond motifs is 9. The Balaban J connectivity index is 1.05. The van der Waals surface area contributed by atoms with E-state index in [-0.39, 0.29) is 0 Å². The fraction of sp³-hybridized carbons (Fsp3) is 0. The van der Waals surface area contributed by atoms with E-state index < -0.39 is 8.07 Å². The summed E-state index contributed by atoms with van der Waals surface area (Å²) in [5, 5.41) is 12.6. The third-order valence-electron chi connectivity index (χ3n) is 14.6. The first-order valence-corrected chi connectivity index (χ1v) is 26.0. The van der Waals surface area contributed by atoms with E-state index in [2.05, 4.69) is 281 Å². The number of rotatable bonds is 8. The van der Waals surface area contributed by atoms with Gasteiger partial charge in [0.15, 0.2) is 8.07 Å². The SMILES string of the molecule is c1ccc([Si](c2ccccc2)(c2cccc(-c3cc(-n4c5ccccc5c5ccccc54)nc(-n4c5ccccc5c5ccccc54)c3)c2)c2cccc(-n3c4ccccc4c4ccccc43)c2)cc1. The first-order chi connectivity index (χ1) is 34.7. The molecule has 0 aliphatic rings. The molecule has 14 aromatic rings. The molecule has 0 fully saturated rings. The number of benzene rings is 10. The van der Waals surface area contributed by atoms with Crippen molar-refractivity contribution in [3.05, 3.63) is 267 Å². The van der Waals surface area contributed by atoms with Gasteiger partial charge in [0, 0.05) is 38.0 Å². The van der Waals surface area contributed by atoms with Gasteiger partial charge < -0.3 is 4.57 Å². The molecule has 0 N–H and O–H groups in total. The van der Waals surface area contributed by atoms with Gasteiger partial charge in [-0.05, 0) is 92.5 Å². The van der Waals surface area contributed by atoms with Crippen LogP contribution in [0.2, 0.25) is 0 Å². The van der Waals surface area contributed by atoms with Crippen LogP contribution in [0.1, 0.15) is 0 Å². The van der Waals surface area contributed by atoms with Crippen LogP contribution in [-0.2, 0) is 0 Å². The van der Waals surface area contributed by atoms with Crippen LogP contribution in [0, 0.1) is 0 Å². The number of hydrogen-bond acceptors (Lipinski definition) is 1. The van der Waals surface area contributed by atoms with Gasteiger partial charge in [-0.3, -0.25) is 9.13 Å². The molecular formula is C65H44N4Si. The molecule has 0 amide bonds. The zero-order valence-electron chi connectivity index (χ0n) is 38.2. The molecule has 0 radical (unpaired) electrons. The smallest absolute Gasteiger partial charge is 0.179 e. The third kappa shape index (κ3) is 6.05. The molecule has 0 unspecified atom stereocenters. The molecule has 14 rings (SSSR count). The Morgan fingerprint density at radius 1 is 0.243 bits per heavy atom. The second-order valence-electron chi connectivity index (χ2n) is 18.3. The molecule has 0 saturated heterocycles. The highest BCUT2D eigenvalue weighted by atomic mass is 28.3. The van der Waals surface area contributed by atoms with Gasteiger partial charge in [0.25, 0.3) is 0 Å². The Labute approximate surface area is 406 Å². The Morgan fingerprint density at radius 2 is 0.571 bits per heavy atom. The van der Waals surface area contributed by atoms with Gasteiger partial charge in [0.1, 0.15) is 11.6 Å². The van der Waals surface area contributed by atoms with Crippen molar-refractivity contribution in [1.29, 1.82) is 0 Å². The summed E-state index contributed by atoms with van der Waals surface area (Å²) in [6, 6.07) is 98.4. The summed E-state index contributed by atoms with van der Waals surface area (Å²) in [5.41, 5.74) is 10.3. The lowest BCUT2D eigenvalue weighted by Crippen LogP contribution is -2.74. The lowest BCUT2D eigenvalue weighted by Gasteiger charge is -2.35. The molecule has 328 valence electrons. The highest BCUT2D eigenvalue weighted by molar-refractivity contribution is 7.20.